The normalized spacial score (nSPS) is 12.1. The fourth-order valence-corrected chi connectivity index (χ4v) is 5.08. The Hall–Kier alpha value is -3.43. The number of thioether (sulfide) groups is 1. The lowest BCUT2D eigenvalue weighted by Crippen LogP contribution is -2.29. The van der Waals surface area contributed by atoms with Gasteiger partial charge in [0.1, 0.15) is 0 Å². The molecule has 9 heteroatoms. The van der Waals surface area contributed by atoms with Gasteiger partial charge in [-0.25, -0.2) is 0 Å². The maximum Gasteiger partial charge on any atom is 0.277 e. The zero-order chi connectivity index (χ0) is 22.6. The number of carbonyl (C=O) groups is 1. The molecule has 0 radical (unpaired) electrons. The van der Waals surface area contributed by atoms with Crippen LogP contribution in [0.2, 0.25) is 0 Å². The molecule has 1 aliphatic heterocycles. The standard InChI is InChI=1S/C24H19N3O4S2/c1-29-18-10-4-5-11-19(18)30-14-22-25-26-24(31-22)32-15-23(28)27-16-8-2-6-12-20(16)33-21-13-7-3-9-17(21)27/h2-13H,14-15H2,1H3. The van der Waals surface area contributed by atoms with Gasteiger partial charge in [-0.2, -0.15) is 0 Å². The van der Waals surface area contributed by atoms with Gasteiger partial charge in [-0.15, -0.1) is 10.2 Å². The molecule has 0 bridgehead atoms. The Bertz CT molecular complexity index is 1250. The highest BCUT2D eigenvalue weighted by Gasteiger charge is 2.28. The molecule has 0 aliphatic carbocycles. The van der Waals surface area contributed by atoms with Crippen molar-refractivity contribution >= 4 is 40.8 Å². The lowest BCUT2D eigenvalue weighted by Gasteiger charge is -2.30. The van der Waals surface area contributed by atoms with Crippen LogP contribution in [0.5, 0.6) is 11.5 Å². The average molecular weight is 478 g/mol. The molecule has 0 atom stereocenters. The number of amides is 1. The molecule has 7 nitrogen and oxygen atoms in total. The Kier molecular flexibility index (Phi) is 6.23. The summed E-state index contributed by atoms with van der Waals surface area (Å²) in [6.45, 7) is 0.103. The second-order valence-corrected chi connectivity index (χ2v) is 8.97. The summed E-state index contributed by atoms with van der Waals surface area (Å²) < 4.78 is 16.6. The molecule has 33 heavy (non-hydrogen) atoms. The van der Waals surface area contributed by atoms with Gasteiger partial charge in [-0.05, 0) is 36.4 Å². The number of anilines is 2. The van der Waals surface area contributed by atoms with E-state index in [-0.39, 0.29) is 18.3 Å². The van der Waals surface area contributed by atoms with Gasteiger partial charge in [0.15, 0.2) is 18.1 Å². The van der Waals surface area contributed by atoms with Crippen LogP contribution in [0.15, 0.2) is 92.2 Å². The number of hydrogen-bond acceptors (Lipinski definition) is 8. The first kappa shape index (κ1) is 21.4. The zero-order valence-corrected chi connectivity index (χ0v) is 19.3. The third-order valence-electron chi connectivity index (χ3n) is 4.87. The van der Waals surface area contributed by atoms with Gasteiger partial charge in [-0.3, -0.25) is 9.69 Å². The fourth-order valence-electron chi connectivity index (χ4n) is 3.39. The van der Waals surface area contributed by atoms with Crippen LogP contribution in [-0.4, -0.2) is 29.0 Å². The monoisotopic (exact) mass is 477 g/mol. The molecule has 166 valence electrons. The maximum absolute atomic E-state index is 13.3. The van der Waals surface area contributed by atoms with E-state index in [4.69, 9.17) is 13.9 Å². The summed E-state index contributed by atoms with van der Waals surface area (Å²) in [5.74, 6) is 1.62. The lowest BCUT2D eigenvalue weighted by atomic mass is 10.2. The first-order chi connectivity index (χ1) is 16.2. The van der Waals surface area contributed by atoms with Crippen LogP contribution in [0, 0.1) is 0 Å². The molecule has 0 unspecified atom stereocenters. The number of benzene rings is 3. The van der Waals surface area contributed by atoms with E-state index in [9.17, 15) is 4.79 Å². The van der Waals surface area contributed by atoms with Crippen molar-refractivity contribution in [2.75, 3.05) is 17.8 Å². The van der Waals surface area contributed by atoms with E-state index < -0.39 is 0 Å². The summed E-state index contributed by atoms with van der Waals surface area (Å²) >= 11 is 2.87. The fraction of sp³-hybridized carbons (Fsp3) is 0.125. The third kappa shape index (κ3) is 4.55. The molecule has 1 aliphatic rings. The first-order valence-corrected chi connectivity index (χ1v) is 11.9. The van der Waals surface area contributed by atoms with Gasteiger partial charge in [-0.1, -0.05) is 59.9 Å². The highest BCUT2D eigenvalue weighted by atomic mass is 32.2. The molecule has 0 saturated heterocycles. The second kappa shape index (κ2) is 9.60. The van der Waals surface area contributed by atoms with Crippen molar-refractivity contribution < 1.29 is 18.7 Å². The molecule has 4 aromatic rings. The van der Waals surface area contributed by atoms with Crippen molar-refractivity contribution in [1.29, 1.82) is 0 Å². The average Bonchev–Trinajstić information content (AvgIpc) is 3.32. The number of carbonyl (C=O) groups excluding carboxylic acids is 1. The molecule has 5 rings (SSSR count). The molecule has 0 N–H and O–H groups in total. The number of hydrogen-bond donors (Lipinski definition) is 0. The molecular weight excluding hydrogens is 458 g/mol. The molecule has 1 aromatic heterocycles. The Morgan fingerprint density at radius 1 is 0.939 bits per heavy atom. The minimum absolute atomic E-state index is 0.0646. The number of rotatable bonds is 7. The van der Waals surface area contributed by atoms with Crippen LogP contribution in [0.25, 0.3) is 0 Å². The van der Waals surface area contributed by atoms with Gasteiger partial charge in [0, 0.05) is 9.79 Å². The number of methoxy groups -OCH3 is 1. The predicted octanol–water partition coefficient (Wildman–Crippen LogP) is 5.58. The van der Waals surface area contributed by atoms with Crippen molar-refractivity contribution in [2.24, 2.45) is 0 Å². The van der Waals surface area contributed by atoms with E-state index in [1.165, 1.54) is 11.8 Å². The van der Waals surface area contributed by atoms with Gasteiger partial charge >= 0.3 is 0 Å². The molecule has 0 saturated carbocycles. The van der Waals surface area contributed by atoms with Crippen LogP contribution in [0.4, 0.5) is 11.4 Å². The van der Waals surface area contributed by atoms with Gasteiger partial charge < -0.3 is 13.9 Å². The third-order valence-corrected chi connectivity index (χ3v) is 6.80. The van der Waals surface area contributed by atoms with Gasteiger partial charge in [0.25, 0.3) is 11.1 Å². The lowest BCUT2D eigenvalue weighted by molar-refractivity contribution is -0.115. The van der Waals surface area contributed by atoms with E-state index in [0.29, 0.717) is 22.6 Å². The van der Waals surface area contributed by atoms with Crippen LogP contribution in [0.3, 0.4) is 0 Å². The highest BCUT2D eigenvalue weighted by Crippen LogP contribution is 2.48. The summed E-state index contributed by atoms with van der Waals surface area (Å²) in [4.78, 5) is 17.1. The SMILES string of the molecule is COc1ccccc1OCc1nnc(SCC(=O)N2c3ccccc3Sc3ccccc32)o1. The highest BCUT2D eigenvalue weighted by molar-refractivity contribution is 8.00. The van der Waals surface area contributed by atoms with E-state index in [1.54, 1.807) is 29.8 Å². The van der Waals surface area contributed by atoms with Crippen LogP contribution in [-0.2, 0) is 11.4 Å². The topological polar surface area (TPSA) is 77.7 Å². The number of nitrogens with zero attached hydrogens (tertiary/aromatic N) is 3. The zero-order valence-electron chi connectivity index (χ0n) is 17.6. The Balaban J connectivity index is 1.26. The van der Waals surface area contributed by atoms with Crippen molar-refractivity contribution in [1.82, 2.24) is 10.2 Å². The van der Waals surface area contributed by atoms with Crippen molar-refractivity contribution in [2.45, 2.75) is 21.6 Å². The summed E-state index contributed by atoms with van der Waals surface area (Å²) in [5.41, 5.74) is 1.76. The molecule has 1 amide bonds. The molecule has 3 aromatic carbocycles. The predicted molar refractivity (Wildman–Crippen MR) is 127 cm³/mol. The van der Waals surface area contributed by atoms with Crippen molar-refractivity contribution in [3.63, 3.8) is 0 Å². The van der Waals surface area contributed by atoms with Gasteiger partial charge in [0.05, 0.1) is 24.2 Å². The number of aromatic nitrogens is 2. The number of ether oxygens (including phenoxy) is 2. The van der Waals surface area contributed by atoms with E-state index in [0.717, 1.165) is 21.2 Å². The molecule has 0 spiro atoms. The summed E-state index contributed by atoms with van der Waals surface area (Å²) in [6, 6.07) is 23.1. The minimum atomic E-state index is -0.0646. The number of para-hydroxylation sites is 4. The smallest absolute Gasteiger partial charge is 0.277 e. The Morgan fingerprint density at radius 2 is 1.58 bits per heavy atom. The van der Waals surface area contributed by atoms with E-state index in [1.807, 2.05) is 66.7 Å². The first-order valence-electron chi connectivity index (χ1n) is 10.1. The summed E-state index contributed by atoms with van der Waals surface area (Å²) in [5, 5.41) is 8.37. The number of fused-ring (bicyclic) bond motifs is 2. The Labute approximate surface area is 199 Å². The maximum atomic E-state index is 13.3. The quantitative estimate of drug-likeness (QED) is 0.319. The van der Waals surface area contributed by atoms with E-state index >= 15 is 0 Å². The van der Waals surface area contributed by atoms with Gasteiger partial charge in [0.2, 0.25) is 5.91 Å². The minimum Gasteiger partial charge on any atom is -0.493 e. The Morgan fingerprint density at radius 3 is 2.27 bits per heavy atom. The summed E-state index contributed by atoms with van der Waals surface area (Å²) in [7, 11) is 1.58. The van der Waals surface area contributed by atoms with Crippen LogP contribution in [0.1, 0.15) is 5.89 Å². The summed E-state index contributed by atoms with van der Waals surface area (Å²) in [6.07, 6.45) is 0. The molecule has 2 heterocycles. The van der Waals surface area contributed by atoms with Crippen LogP contribution < -0.4 is 14.4 Å². The molecule has 0 fully saturated rings. The van der Waals surface area contributed by atoms with Crippen molar-refractivity contribution in [3.8, 4) is 11.5 Å². The largest absolute Gasteiger partial charge is 0.493 e. The van der Waals surface area contributed by atoms with E-state index in [2.05, 4.69) is 10.2 Å². The van der Waals surface area contributed by atoms with Crippen LogP contribution >= 0.6 is 23.5 Å². The second-order valence-electron chi connectivity index (χ2n) is 6.96. The molecular formula is C24H19N3O4S2. The van der Waals surface area contributed by atoms with Crippen molar-refractivity contribution in [3.05, 3.63) is 78.7 Å².